The van der Waals surface area contributed by atoms with E-state index in [0.717, 1.165) is 50.0 Å². The van der Waals surface area contributed by atoms with Gasteiger partial charge in [0, 0.05) is 31.1 Å². The highest BCUT2D eigenvalue weighted by Gasteiger charge is 2.18. The van der Waals surface area contributed by atoms with Gasteiger partial charge in [0.1, 0.15) is 11.9 Å². The van der Waals surface area contributed by atoms with Crippen molar-refractivity contribution in [2.75, 3.05) is 32.8 Å². The van der Waals surface area contributed by atoms with E-state index in [1.807, 2.05) is 12.1 Å². The maximum absolute atomic E-state index is 6.50. The maximum atomic E-state index is 6.50. The summed E-state index contributed by atoms with van der Waals surface area (Å²) < 4.78 is 12.0. The van der Waals surface area contributed by atoms with Crippen molar-refractivity contribution in [1.82, 2.24) is 4.90 Å². The lowest BCUT2D eigenvalue weighted by Gasteiger charge is -2.29. The highest BCUT2D eigenvalue weighted by atomic mass is 35.5. The summed E-state index contributed by atoms with van der Waals surface area (Å²) in [5.41, 5.74) is 3.72. The molecule has 0 aliphatic carbocycles. The fourth-order valence-electron chi connectivity index (χ4n) is 3.44. The number of hydrogen-bond acceptors (Lipinski definition) is 3. The first-order chi connectivity index (χ1) is 13.0. The summed E-state index contributed by atoms with van der Waals surface area (Å²) in [5.74, 6) is 1.43. The molecule has 0 bridgehead atoms. The Morgan fingerprint density at radius 1 is 1.04 bits per heavy atom. The summed E-state index contributed by atoms with van der Waals surface area (Å²) in [4.78, 5) is 2.45. The van der Waals surface area contributed by atoms with Gasteiger partial charge in [0.15, 0.2) is 0 Å². The third kappa shape index (κ3) is 5.97. The standard InChI is InChI=1S/C23H30ClNO2/c1-17(2)20-14-18(3)15-22(16-20)27-23(19-4-6-21(24)7-5-19)8-9-25-10-12-26-13-11-25/h4-7,14-17,23H,8-13H2,1-3H3. The van der Waals surface area contributed by atoms with Crippen LogP contribution in [0.5, 0.6) is 5.75 Å². The van der Waals surface area contributed by atoms with E-state index in [0.29, 0.717) is 5.92 Å². The van der Waals surface area contributed by atoms with Gasteiger partial charge in [-0.2, -0.15) is 0 Å². The molecule has 146 valence electrons. The highest BCUT2D eigenvalue weighted by Crippen LogP contribution is 2.29. The van der Waals surface area contributed by atoms with Crippen LogP contribution in [0.3, 0.4) is 0 Å². The van der Waals surface area contributed by atoms with Gasteiger partial charge >= 0.3 is 0 Å². The molecule has 0 spiro atoms. The second kappa shape index (κ2) is 9.59. The van der Waals surface area contributed by atoms with Gasteiger partial charge in [0.2, 0.25) is 0 Å². The Morgan fingerprint density at radius 3 is 2.41 bits per heavy atom. The van der Waals surface area contributed by atoms with Crippen LogP contribution in [-0.4, -0.2) is 37.7 Å². The van der Waals surface area contributed by atoms with E-state index >= 15 is 0 Å². The molecule has 0 radical (unpaired) electrons. The van der Waals surface area contributed by atoms with E-state index < -0.39 is 0 Å². The van der Waals surface area contributed by atoms with Crippen molar-refractivity contribution in [2.45, 2.75) is 39.2 Å². The average molecular weight is 388 g/mol. The first-order valence-corrected chi connectivity index (χ1v) is 10.2. The second-order valence-electron chi connectivity index (χ2n) is 7.63. The molecule has 4 heteroatoms. The van der Waals surface area contributed by atoms with Crippen LogP contribution in [0.25, 0.3) is 0 Å². The van der Waals surface area contributed by atoms with E-state index in [1.54, 1.807) is 0 Å². The minimum atomic E-state index is 0.00641. The molecule has 0 saturated carbocycles. The Hall–Kier alpha value is -1.55. The lowest BCUT2D eigenvalue weighted by atomic mass is 10.0. The summed E-state index contributed by atoms with van der Waals surface area (Å²) in [7, 11) is 0. The fraction of sp³-hybridized carbons (Fsp3) is 0.478. The van der Waals surface area contributed by atoms with Crippen molar-refractivity contribution in [3.63, 3.8) is 0 Å². The van der Waals surface area contributed by atoms with E-state index in [2.05, 4.69) is 56.0 Å². The topological polar surface area (TPSA) is 21.7 Å². The smallest absolute Gasteiger partial charge is 0.125 e. The van der Waals surface area contributed by atoms with Gasteiger partial charge in [-0.15, -0.1) is 0 Å². The first-order valence-electron chi connectivity index (χ1n) is 9.85. The molecular weight excluding hydrogens is 358 g/mol. The van der Waals surface area contributed by atoms with Crippen LogP contribution in [0.1, 0.15) is 49.0 Å². The van der Waals surface area contributed by atoms with E-state index in [9.17, 15) is 0 Å². The molecule has 1 aliphatic heterocycles. The Bertz CT molecular complexity index is 724. The van der Waals surface area contributed by atoms with Gasteiger partial charge in [-0.25, -0.2) is 0 Å². The third-order valence-electron chi connectivity index (χ3n) is 5.07. The highest BCUT2D eigenvalue weighted by molar-refractivity contribution is 6.30. The number of nitrogens with zero attached hydrogens (tertiary/aromatic N) is 1. The normalized spacial score (nSPS) is 16.5. The number of morpholine rings is 1. The lowest BCUT2D eigenvalue weighted by Crippen LogP contribution is -2.37. The van der Waals surface area contributed by atoms with Crippen molar-refractivity contribution in [3.05, 3.63) is 64.2 Å². The molecular formula is C23H30ClNO2. The van der Waals surface area contributed by atoms with E-state index in [1.165, 1.54) is 16.7 Å². The molecule has 1 heterocycles. The fourth-order valence-corrected chi connectivity index (χ4v) is 3.56. The van der Waals surface area contributed by atoms with Gasteiger partial charge in [-0.05, 0) is 53.8 Å². The van der Waals surface area contributed by atoms with Crippen LogP contribution in [0, 0.1) is 6.92 Å². The van der Waals surface area contributed by atoms with Crippen LogP contribution >= 0.6 is 11.6 Å². The van der Waals surface area contributed by atoms with Crippen LogP contribution in [-0.2, 0) is 4.74 Å². The molecule has 0 aromatic heterocycles. The Balaban J connectivity index is 1.77. The van der Waals surface area contributed by atoms with Crippen molar-refractivity contribution < 1.29 is 9.47 Å². The van der Waals surface area contributed by atoms with E-state index in [4.69, 9.17) is 21.1 Å². The van der Waals surface area contributed by atoms with Gasteiger partial charge < -0.3 is 9.47 Å². The number of ether oxygens (including phenoxy) is 2. The van der Waals surface area contributed by atoms with E-state index in [-0.39, 0.29) is 6.10 Å². The summed E-state index contributed by atoms with van der Waals surface area (Å²) >= 11 is 6.09. The maximum Gasteiger partial charge on any atom is 0.125 e. The number of hydrogen-bond donors (Lipinski definition) is 0. The largest absolute Gasteiger partial charge is 0.486 e. The quantitative estimate of drug-likeness (QED) is 0.615. The first kappa shape index (κ1) is 20.2. The molecule has 1 atom stereocenters. The van der Waals surface area contributed by atoms with Crippen LogP contribution in [0.4, 0.5) is 0 Å². The number of rotatable bonds is 7. The summed E-state index contributed by atoms with van der Waals surface area (Å²) in [6.45, 7) is 11.2. The zero-order valence-corrected chi connectivity index (χ0v) is 17.3. The molecule has 1 unspecified atom stereocenters. The summed E-state index contributed by atoms with van der Waals surface area (Å²) in [5, 5.41) is 0.753. The van der Waals surface area contributed by atoms with Gasteiger partial charge in [-0.1, -0.05) is 43.6 Å². The molecule has 1 fully saturated rings. The number of aryl methyl sites for hydroxylation is 1. The van der Waals surface area contributed by atoms with Gasteiger partial charge in [0.05, 0.1) is 13.2 Å². The van der Waals surface area contributed by atoms with Crippen LogP contribution in [0.2, 0.25) is 5.02 Å². The minimum absolute atomic E-state index is 0.00641. The second-order valence-corrected chi connectivity index (χ2v) is 8.07. The molecule has 1 saturated heterocycles. The number of halogens is 1. The Kier molecular flexibility index (Phi) is 7.17. The average Bonchev–Trinajstić information content (AvgIpc) is 2.66. The number of benzene rings is 2. The predicted octanol–water partition coefficient (Wildman–Crippen LogP) is 5.61. The Morgan fingerprint density at radius 2 is 1.74 bits per heavy atom. The molecule has 2 aromatic rings. The zero-order valence-electron chi connectivity index (χ0n) is 16.6. The van der Waals surface area contributed by atoms with Crippen molar-refractivity contribution >= 4 is 11.6 Å². The summed E-state index contributed by atoms with van der Waals surface area (Å²) in [6, 6.07) is 14.6. The predicted molar refractivity (Wildman–Crippen MR) is 112 cm³/mol. The minimum Gasteiger partial charge on any atom is -0.486 e. The van der Waals surface area contributed by atoms with Crippen LogP contribution in [0.15, 0.2) is 42.5 Å². The Labute approximate surface area is 168 Å². The SMILES string of the molecule is Cc1cc(OC(CCN2CCOCC2)c2ccc(Cl)cc2)cc(C(C)C)c1. The van der Waals surface area contributed by atoms with Gasteiger partial charge in [-0.3, -0.25) is 4.90 Å². The van der Waals surface area contributed by atoms with Crippen molar-refractivity contribution in [2.24, 2.45) is 0 Å². The zero-order chi connectivity index (χ0) is 19.2. The molecule has 1 aliphatic rings. The van der Waals surface area contributed by atoms with Crippen molar-refractivity contribution in [3.8, 4) is 5.75 Å². The van der Waals surface area contributed by atoms with Gasteiger partial charge in [0.25, 0.3) is 0 Å². The molecule has 3 nitrogen and oxygen atoms in total. The molecule has 2 aromatic carbocycles. The summed E-state index contributed by atoms with van der Waals surface area (Å²) in [6.07, 6.45) is 0.944. The monoisotopic (exact) mass is 387 g/mol. The molecule has 3 rings (SSSR count). The van der Waals surface area contributed by atoms with Crippen LogP contribution < -0.4 is 4.74 Å². The molecule has 27 heavy (non-hydrogen) atoms. The lowest BCUT2D eigenvalue weighted by molar-refractivity contribution is 0.0317. The third-order valence-corrected chi connectivity index (χ3v) is 5.32. The van der Waals surface area contributed by atoms with Crippen molar-refractivity contribution in [1.29, 1.82) is 0 Å². The molecule has 0 N–H and O–H groups in total. The molecule has 0 amide bonds.